The second-order valence-electron chi connectivity index (χ2n) is 6.29. The fourth-order valence-electron chi connectivity index (χ4n) is 3.08. The van der Waals surface area contributed by atoms with Crippen molar-refractivity contribution in [1.29, 1.82) is 0 Å². The number of hydrogen-bond donors (Lipinski definition) is 3. The first kappa shape index (κ1) is 17.3. The number of aromatic amines is 1. The van der Waals surface area contributed by atoms with E-state index in [0.29, 0.717) is 5.11 Å². The molecule has 0 aliphatic rings. The molecule has 0 bridgehead atoms. The lowest BCUT2D eigenvalue weighted by Crippen LogP contribution is -2.35. The van der Waals surface area contributed by atoms with Gasteiger partial charge in [-0.3, -0.25) is 0 Å². The van der Waals surface area contributed by atoms with Crippen molar-refractivity contribution in [3.05, 3.63) is 65.9 Å². The summed E-state index contributed by atoms with van der Waals surface area (Å²) in [6.45, 7) is 0.739. The average molecular weight is 353 g/mol. The second-order valence-corrected chi connectivity index (χ2v) is 6.70. The standard InChI is InChI=1S/C20H24N4S/c1-21-20(25)23-12-17(14-8-10-15(11-9-14)24(2)3)18-13-22-19-7-5-4-6-16(18)19/h4-11,13,17,22H,12H2,1-3H3,(H2,21,23,25)/t17-/m1/s1. The number of benzene rings is 2. The number of thiocarbonyl (C=S) groups is 1. The normalized spacial score (nSPS) is 12.0. The van der Waals surface area contributed by atoms with Crippen LogP contribution in [-0.4, -0.2) is 37.8 Å². The van der Waals surface area contributed by atoms with E-state index in [1.54, 1.807) is 0 Å². The fourth-order valence-corrected chi connectivity index (χ4v) is 3.16. The molecular weight excluding hydrogens is 328 g/mol. The first-order chi connectivity index (χ1) is 12.1. The van der Waals surface area contributed by atoms with Gasteiger partial charge in [-0.15, -0.1) is 0 Å². The highest BCUT2D eigenvalue weighted by atomic mass is 32.1. The summed E-state index contributed by atoms with van der Waals surface area (Å²) in [4.78, 5) is 5.50. The molecule has 3 aromatic rings. The molecule has 1 aromatic heterocycles. The first-order valence-electron chi connectivity index (χ1n) is 8.39. The molecule has 5 heteroatoms. The number of rotatable bonds is 5. The summed E-state index contributed by atoms with van der Waals surface area (Å²) in [5.74, 6) is 0.207. The van der Waals surface area contributed by atoms with Gasteiger partial charge in [0.25, 0.3) is 0 Å². The number of H-pyrrole nitrogens is 1. The monoisotopic (exact) mass is 352 g/mol. The van der Waals surface area contributed by atoms with Gasteiger partial charge in [0.05, 0.1) is 0 Å². The predicted octanol–water partition coefficient (Wildman–Crippen LogP) is 3.46. The van der Waals surface area contributed by atoms with Crippen LogP contribution in [0.1, 0.15) is 17.0 Å². The average Bonchev–Trinajstić information content (AvgIpc) is 3.06. The Bertz CT molecular complexity index is 852. The minimum atomic E-state index is 0.207. The van der Waals surface area contributed by atoms with Crippen LogP contribution in [0.5, 0.6) is 0 Å². The SMILES string of the molecule is CNC(=S)NC[C@H](c1ccc(N(C)C)cc1)c1c[nH]c2ccccc12. The molecule has 1 atom stereocenters. The lowest BCUT2D eigenvalue weighted by Gasteiger charge is -2.20. The Labute approximate surface area is 154 Å². The maximum absolute atomic E-state index is 5.27. The molecule has 25 heavy (non-hydrogen) atoms. The van der Waals surface area contributed by atoms with Gasteiger partial charge >= 0.3 is 0 Å². The molecule has 0 radical (unpaired) electrons. The number of nitrogens with one attached hydrogen (secondary N) is 3. The lowest BCUT2D eigenvalue weighted by molar-refractivity contribution is 0.755. The Hall–Kier alpha value is -2.53. The number of para-hydroxylation sites is 1. The summed E-state index contributed by atoms with van der Waals surface area (Å²) >= 11 is 5.27. The van der Waals surface area contributed by atoms with Gasteiger partial charge in [0.1, 0.15) is 0 Å². The zero-order chi connectivity index (χ0) is 17.8. The van der Waals surface area contributed by atoms with E-state index in [0.717, 1.165) is 12.1 Å². The highest BCUT2D eigenvalue weighted by Gasteiger charge is 2.18. The van der Waals surface area contributed by atoms with Crippen LogP contribution in [0.2, 0.25) is 0 Å². The second kappa shape index (κ2) is 7.57. The van der Waals surface area contributed by atoms with Crippen molar-refractivity contribution in [2.75, 3.05) is 32.6 Å². The lowest BCUT2D eigenvalue weighted by atomic mass is 9.90. The third-order valence-corrected chi connectivity index (χ3v) is 4.85. The van der Waals surface area contributed by atoms with E-state index in [1.165, 1.54) is 22.2 Å². The van der Waals surface area contributed by atoms with Crippen molar-refractivity contribution >= 4 is 33.9 Å². The Morgan fingerprint density at radius 1 is 1.12 bits per heavy atom. The van der Waals surface area contributed by atoms with Gasteiger partial charge in [-0.2, -0.15) is 0 Å². The van der Waals surface area contributed by atoms with Gasteiger partial charge in [-0.1, -0.05) is 30.3 Å². The maximum atomic E-state index is 5.27. The van der Waals surface area contributed by atoms with Gasteiger partial charge in [-0.05, 0) is 41.5 Å². The third-order valence-electron chi connectivity index (χ3n) is 4.50. The smallest absolute Gasteiger partial charge is 0.166 e. The van der Waals surface area contributed by atoms with Crippen molar-refractivity contribution in [2.24, 2.45) is 0 Å². The van der Waals surface area contributed by atoms with Crippen molar-refractivity contribution in [2.45, 2.75) is 5.92 Å². The van der Waals surface area contributed by atoms with Crippen LogP contribution in [0.3, 0.4) is 0 Å². The fraction of sp³-hybridized carbons (Fsp3) is 0.250. The molecule has 0 aliphatic heterocycles. The molecule has 1 heterocycles. The van der Waals surface area contributed by atoms with Gasteiger partial charge in [-0.25, -0.2) is 0 Å². The van der Waals surface area contributed by atoms with Crippen LogP contribution >= 0.6 is 12.2 Å². The van der Waals surface area contributed by atoms with Gasteiger partial charge in [0.2, 0.25) is 0 Å². The van der Waals surface area contributed by atoms with Crippen LogP contribution in [0.15, 0.2) is 54.7 Å². The third kappa shape index (κ3) is 3.77. The quantitative estimate of drug-likeness (QED) is 0.615. The van der Waals surface area contributed by atoms with Gasteiger partial charge in [0, 0.05) is 56.4 Å². The van der Waals surface area contributed by atoms with E-state index in [9.17, 15) is 0 Å². The number of aromatic nitrogens is 1. The van der Waals surface area contributed by atoms with E-state index in [4.69, 9.17) is 12.2 Å². The number of hydrogen-bond acceptors (Lipinski definition) is 2. The summed E-state index contributed by atoms with van der Waals surface area (Å²) in [5, 5.41) is 8.21. The molecule has 0 saturated carbocycles. The molecule has 130 valence electrons. The van der Waals surface area contributed by atoms with Crippen LogP contribution in [0, 0.1) is 0 Å². The van der Waals surface area contributed by atoms with E-state index < -0.39 is 0 Å². The molecule has 0 unspecified atom stereocenters. The molecule has 0 amide bonds. The predicted molar refractivity (Wildman–Crippen MR) is 111 cm³/mol. The van der Waals surface area contributed by atoms with E-state index in [-0.39, 0.29) is 5.92 Å². The van der Waals surface area contributed by atoms with Crippen LogP contribution in [0.4, 0.5) is 5.69 Å². The summed E-state index contributed by atoms with van der Waals surface area (Å²) in [6, 6.07) is 17.1. The van der Waals surface area contributed by atoms with Crippen LogP contribution in [-0.2, 0) is 0 Å². The molecule has 3 rings (SSSR count). The zero-order valence-electron chi connectivity index (χ0n) is 14.8. The highest BCUT2D eigenvalue weighted by Crippen LogP contribution is 2.31. The van der Waals surface area contributed by atoms with Crippen molar-refractivity contribution in [1.82, 2.24) is 15.6 Å². The summed E-state index contributed by atoms with van der Waals surface area (Å²) in [6.07, 6.45) is 2.11. The van der Waals surface area contributed by atoms with E-state index in [2.05, 4.69) is 89.3 Å². The molecule has 2 aromatic carbocycles. The minimum absolute atomic E-state index is 0.207. The maximum Gasteiger partial charge on any atom is 0.166 e. The first-order valence-corrected chi connectivity index (χ1v) is 8.80. The molecule has 0 saturated heterocycles. The minimum Gasteiger partial charge on any atom is -0.378 e. The largest absolute Gasteiger partial charge is 0.378 e. The van der Waals surface area contributed by atoms with Crippen molar-refractivity contribution in [3.63, 3.8) is 0 Å². The Morgan fingerprint density at radius 2 is 1.84 bits per heavy atom. The Balaban J connectivity index is 1.98. The van der Waals surface area contributed by atoms with Gasteiger partial charge in [0.15, 0.2) is 5.11 Å². The molecular formula is C20H24N4S. The Morgan fingerprint density at radius 3 is 2.52 bits per heavy atom. The molecule has 4 nitrogen and oxygen atoms in total. The van der Waals surface area contributed by atoms with Crippen LogP contribution in [0.25, 0.3) is 10.9 Å². The number of anilines is 1. The molecule has 0 spiro atoms. The van der Waals surface area contributed by atoms with Gasteiger partial charge < -0.3 is 20.5 Å². The molecule has 3 N–H and O–H groups in total. The van der Waals surface area contributed by atoms with Crippen molar-refractivity contribution < 1.29 is 0 Å². The number of fused-ring (bicyclic) bond motifs is 1. The molecule has 0 aliphatic carbocycles. The summed E-state index contributed by atoms with van der Waals surface area (Å²) < 4.78 is 0. The number of nitrogens with zero attached hydrogens (tertiary/aromatic N) is 1. The topological polar surface area (TPSA) is 43.1 Å². The zero-order valence-corrected chi connectivity index (χ0v) is 15.7. The summed E-state index contributed by atoms with van der Waals surface area (Å²) in [7, 11) is 5.94. The van der Waals surface area contributed by atoms with E-state index in [1.807, 2.05) is 7.05 Å². The van der Waals surface area contributed by atoms with Crippen molar-refractivity contribution in [3.8, 4) is 0 Å². The van der Waals surface area contributed by atoms with E-state index >= 15 is 0 Å². The summed E-state index contributed by atoms with van der Waals surface area (Å²) in [5.41, 5.74) is 4.89. The molecule has 0 fully saturated rings. The van der Waals surface area contributed by atoms with Crippen LogP contribution < -0.4 is 15.5 Å². The highest BCUT2D eigenvalue weighted by molar-refractivity contribution is 7.80. The Kier molecular flexibility index (Phi) is 5.24.